The average molecular weight is 1040 g/mol. The van der Waals surface area contributed by atoms with Gasteiger partial charge in [-0.25, -0.2) is 0 Å². The van der Waals surface area contributed by atoms with Crippen molar-refractivity contribution in [2.24, 2.45) is 0 Å². The highest BCUT2D eigenvalue weighted by Crippen LogP contribution is 2.18. The Morgan fingerprint density at radius 2 is 0.635 bits per heavy atom. The molecule has 0 saturated carbocycles. The van der Waals surface area contributed by atoms with Gasteiger partial charge < -0.3 is 20.3 Å². The molecular formula is C68H131NO5. The van der Waals surface area contributed by atoms with Crippen LogP contribution in [0.2, 0.25) is 0 Å². The van der Waals surface area contributed by atoms with Crippen molar-refractivity contribution in [1.82, 2.24) is 5.32 Å². The van der Waals surface area contributed by atoms with Crippen molar-refractivity contribution < 1.29 is 24.5 Å². The van der Waals surface area contributed by atoms with E-state index in [2.05, 4.69) is 31.3 Å². The highest BCUT2D eigenvalue weighted by molar-refractivity contribution is 5.76. The van der Waals surface area contributed by atoms with Crippen LogP contribution in [0.15, 0.2) is 24.3 Å². The molecule has 0 fully saturated rings. The summed E-state index contributed by atoms with van der Waals surface area (Å²) in [5.41, 5.74) is 0. The molecule has 438 valence electrons. The van der Waals surface area contributed by atoms with Gasteiger partial charge in [0.2, 0.25) is 5.91 Å². The summed E-state index contributed by atoms with van der Waals surface area (Å²) in [5.74, 6) is -0.0629. The van der Waals surface area contributed by atoms with Crippen molar-refractivity contribution in [1.29, 1.82) is 0 Å². The third kappa shape index (κ3) is 59.6. The smallest absolute Gasteiger partial charge is 0.305 e. The lowest BCUT2D eigenvalue weighted by Crippen LogP contribution is -2.45. The van der Waals surface area contributed by atoms with E-state index in [0.717, 1.165) is 44.9 Å². The maximum absolute atomic E-state index is 12.5. The minimum Gasteiger partial charge on any atom is -0.466 e. The molecule has 0 aromatic rings. The Hall–Kier alpha value is -1.66. The van der Waals surface area contributed by atoms with Crippen LogP contribution in [0.3, 0.4) is 0 Å². The van der Waals surface area contributed by atoms with E-state index >= 15 is 0 Å². The van der Waals surface area contributed by atoms with Gasteiger partial charge >= 0.3 is 5.97 Å². The molecule has 0 aromatic heterocycles. The molecule has 2 atom stereocenters. The van der Waals surface area contributed by atoms with Crippen LogP contribution in [0.5, 0.6) is 0 Å². The number of hydrogen-bond donors (Lipinski definition) is 3. The maximum atomic E-state index is 12.5. The van der Waals surface area contributed by atoms with Gasteiger partial charge in [-0.2, -0.15) is 0 Å². The lowest BCUT2D eigenvalue weighted by atomic mass is 10.0. The van der Waals surface area contributed by atoms with Crippen molar-refractivity contribution in [2.45, 2.75) is 386 Å². The normalized spacial score (nSPS) is 12.6. The summed E-state index contributed by atoms with van der Waals surface area (Å²) < 4.78 is 5.49. The molecule has 0 aliphatic heterocycles. The van der Waals surface area contributed by atoms with E-state index in [-0.39, 0.29) is 18.5 Å². The molecule has 0 saturated heterocycles. The van der Waals surface area contributed by atoms with Crippen molar-refractivity contribution in [3.05, 3.63) is 24.3 Å². The second-order valence-electron chi connectivity index (χ2n) is 23.2. The fourth-order valence-electron chi connectivity index (χ4n) is 10.6. The Kier molecular flexibility index (Phi) is 62.4. The third-order valence-electron chi connectivity index (χ3n) is 15.7. The van der Waals surface area contributed by atoms with Gasteiger partial charge in [-0.3, -0.25) is 9.59 Å². The number of carbonyl (C=O) groups is 2. The van der Waals surface area contributed by atoms with Crippen molar-refractivity contribution >= 4 is 11.9 Å². The Morgan fingerprint density at radius 1 is 0.365 bits per heavy atom. The molecule has 74 heavy (non-hydrogen) atoms. The molecule has 0 radical (unpaired) electrons. The second kappa shape index (κ2) is 63.9. The van der Waals surface area contributed by atoms with Crippen LogP contribution >= 0.6 is 0 Å². The second-order valence-corrected chi connectivity index (χ2v) is 23.2. The molecule has 0 aliphatic carbocycles. The lowest BCUT2D eigenvalue weighted by molar-refractivity contribution is -0.143. The van der Waals surface area contributed by atoms with E-state index in [1.165, 1.54) is 302 Å². The van der Waals surface area contributed by atoms with Crippen LogP contribution in [0, 0.1) is 0 Å². The molecule has 0 spiro atoms. The number of unbranched alkanes of at least 4 members (excludes halogenated alkanes) is 50. The zero-order valence-corrected chi connectivity index (χ0v) is 50.1. The van der Waals surface area contributed by atoms with Gasteiger partial charge in [0.15, 0.2) is 0 Å². The van der Waals surface area contributed by atoms with Gasteiger partial charge in [-0.15, -0.1) is 0 Å². The van der Waals surface area contributed by atoms with E-state index < -0.39 is 12.1 Å². The summed E-state index contributed by atoms with van der Waals surface area (Å²) in [6.07, 6.45) is 79.5. The van der Waals surface area contributed by atoms with Gasteiger partial charge in [-0.1, -0.05) is 327 Å². The van der Waals surface area contributed by atoms with E-state index in [9.17, 15) is 19.8 Å². The minimum absolute atomic E-state index is 0.00334. The number of aliphatic hydroxyl groups is 2. The number of esters is 1. The highest BCUT2D eigenvalue weighted by atomic mass is 16.5. The zero-order valence-electron chi connectivity index (χ0n) is 50.1. The number of hydrogen-bond acceptors (Lipinski definition) is 5. The summed E-state index contributed by atoms with van der Waals surface area (Å²) >= 11 is 0. The first-order valence-electron chi connectivity index (χ1n) is 33.6. The van der Waals surface area contributed by atoms with Gasteiger partial charge in [0, 0.05) is 12.8 Å². The highest BCUT2D eigenvalue weighted by Gasteiger charge is 2.18. The Bertz CT molecular complexity index is 1150. The number of nitrogens with one attached hydrogen (secondary N) is 1. The first-order valence-corrected chi connectivity index (χ1v) is 33.6. The summed E-state index contributed by atoms with van der Waals surface area (Å²) in [6.45, 7) is 4.93. The summed E-state index contributed by atoms with van der Waals surface area (Å²) in [6, 6.07) is -0.630. The number of rotatable bonds is 63. The lowest BCUT2D eigenvalue weighted by Gasteiger charge is -2.20. The molecule has 0 aromatic carbocycles. The molecular weight excluding hydrogens is 911 g/mol. The minimum atomic E-state index is -0.847. The molecule has 6 nitrogen and oxygen atoms in total. The first kappa shape index (κ1) is 72.3. The standard InChI is InChI=1S/C68H131NO5/c1-3-5-7-9-11-13-15-17-19-21-22-23-26-29-32-36-40-44-48-52-56-60-66(71)65(64-70)69-67(72)61-57-53-49-45-41-37-33-30-27-24-25-28-31-35-39-43-47-51-55-59-63-74-68(73)62-58-54-50-46-42-38-34-20-18-16-14-12-10-8-6-4-2/h20,34,56,60,65-66,70-71H,3-19,21-33,35-55,57-59,61-64H2,1-2H3,(H,69,72)/b34-20-,60-56+. The third-order valence-corrected chi connectivity index (χ3v) is 15.7. The predicted molar refractivity (Wildman–Crippen MR) is 324 cm³/mol. The van der Waals surface area contributed by atoms with Crippen LogP contribution < -0.4 is 5.32 Å². The molecule has 2 unspecified atom stereocenters. The molecule has 0 heterocycles. The number of ether oxygens (including phenoxy) is 1. The Labute approximate surface area is 462 Å². The van der Waals surface area contributed by atoms with E-state index in [0.29, 0.717) is 19.4 Å². The molecule has 1 amide bonds. The van der Waals surface area contributed by atoms with Gasteiger partial charge in [-0.05, 0) is 57.8 Å². The van der Waals surface area contributed by atoms with Crippen molar-refractivity contribution in [2.75, 3.05) is 13.2 Å². The molecule has 0 bridgehead atoms. The van der Waals surface area contributed by atoms with Crippen LogP contribution in [0.4, 0.5) is 0 Å². The van der Waals surface area contributed by atoms with Crippen LogP contribution in [0.1, 0.15) is 373 Å². The summed E-state index contributed by atoms with van der Waals surface area (Å²) in [4.78, 5) is 24.6. The predicted octanol–water partition coefficient (Wildman–Crippen LogP) is 21.4. The van der Waals surface area contributed by atoms with E-state index in [4.69, 9.17) is 4.74 Å². The summed E-state index contributed by atoms with van der Waals surface area (Å²) in [5, 5.41) is 23.2. The molecule has 6 heteroatoms. The molecule has 0 rings (SSSR count). The monoisotopic (exact) mass is 1040 g/mol. The Balaban J connectivity index is 3.42. The number of amides is 1. The summed E-state index contributed by atoms with van der Waals surface area (Å²) in [7, 11) is 0. The molecule has 0 aliphatic rings. The van der Waals surface area contributed by atoms with Gasteiger partial charge in [0.1, 0.15) is 0 Å². The van der Waals surface area contributed by atoms with Gasteiger partial charge in [0.25, 0.3) is 0 Å². The first-order chi connectivity index (χ1) is 36.5. The SMILES string of the molecule is CCCCCCCCC/C=C\CCCCCCCC(=O)OCCCCCCCCCCCCCCCCCCCCCCC(=O)NC(CO)C(O)/C=C/CCCCCCCCCCCCCCCCCCCCC. The fourth-order valence-corrected chi connectivity index (χ4v) is 10.6. The number of carbonyl (C=O) groups excluding carboxylic acids is 2. The number of aliphatic hydroxyl groups excluding tert-OH is 2. The maximum Gasteiger partial charge on any atom is 0.305 e. The van der Waals surface area contributed by atoms with Crippen molar-refractivity contribution in [3.8, 4) is 0 Å². The van der Waals surface area contributed by atoms with E-state index in [1.807, 2.05) is 6.08 Å². The van der Waals surface area contributed by atoms with Crippen molar-refractivity contribution in [3.63, 3.8) is 0 Å². The fraction of sp³-hybridized carbons (Fsp3) is 0.912. The largest absolute Gasteiger partial charge is 0.466 e. The quantitative estimate of drug-likeness (QED) is 0.0320. The Morgan fingerprint density at radius 3 is 0.959 bits per heavy atom. The van der Waals surface area contributed by atoms with E-state index in [1.54, 1.807) is 6.08 Å². The van der Waals surface area contributed by atoms with Gasteiger partial charge in [0.05, 0.1) is 25.4 Å². The zero-order chi connectivity index (χ0) is 53.6. The van der Waals surface area contributed by atoms with Crippen LogP contribution in [-0.2, 0) is 14.3 Å². The van der Waals surface area contributed by atoms with Crippen LogP contribution in [0.25, 0.3) is 0 Å². The molecule has 3 N–H and O–H groups in total. The number of allylic oxidation sites excluding steroid dienone is 3. The van der Waals surface area contributed by atoms with Crippen LogP contribution in [-0.4, -0.2) is 47.4 Å². The average Bonchev–Trinajstić information content (AvgIpc) is 3.40. The topological polar surface area (TPSA) is 95.9 Å².